The quantitative estimate of drug-likeness (QED) is 0.720. The van der Waals surface area contributed by atoms with Crippen molar-refractivity contribution in [1.29, 1.82) is 0 Å². The van der Waals surface area contributed by atoms with Crippen LogP contribution in [0.1, 0.15) is 21.6 Å². The highest BCUT2D eigenvalue weighted by Gasteiger charge is 2.26. The van der Waals surface area contributed by atoms with Crippen molar-refractivity contribution in [3.05, 3.63) is 65.4 Å². The van der Waals surface area contributed by atoms with Crippen LogP contribution >= 0.6 is 0 Å². The van der Waals surface area contributed by atoms with Crippen LogP contribution in [-0.2, 0) is 13.1 Å². The van der Waals surface area contributed by atoms with Gasteiger partial charge < -0.3 is 18.9 Å². The van der Waals surface area contributed by atoms with Gasteiger partial charge in [-0.15, -0.1) is 0 Å². The number of amides is 1. The first-order valence-electron chi connectivity index (χ1n) is 8.01. The maximum absolute atomic E-state index is 12.7. The Morgan fingerprint density at radius 2 is 1.72 bits per heavy atom. The van der Waals surface area contributed by atoms with Crippen LogP contribution < -0.4 is 9.47 Å². The summed E-state index contributed by atoms with van der Waals surface area (Å²) in [5.74, 6) is 1.76. The van der Waals surface area contributed by atoms with Gasteiger partial charge in [0.2, 0.25) is 6.79 Å². The summed E-state index contributed by atoms with van der Waals surface area (Å²) in [6.07, 6.45) is 0. The van der Waals surface area contributed by atoms with Crippen molar-refractivity contribution < 1.29 is 18.8 Å². The molecule has 0 unspecified atom stereocenters. The largest absolute Gasteiger partial charge is 0.454 e. The van der Waals surface area contributed by atoms with Gasteiger partial charge in [0.15, 0.2) is 23.0 Å². The molecule has 6 nitrogen and oxygen atoms in total. The lowest BCUT2D eigenvalue weighted by molar-refractivity contribution is 0.0741. The smallest absolute Gasteiger partial charge is 0.276 e. The van der Waals surface area contributed by atoms with E-state index in [2.05, 4.69) is 5.16 Å². The molecule has 0 saturated carbocycles. The van der Waals surface area contributed by atoms with E-state index in [0.717, 1.165) is 5.56 Å². The molecule has 0 atom stereocenters. The molecule has 3 aromatic rings. The Kier molecular flexibility index (Phi) is 3.03. The third-order valence-electron chi connectivity index (χ3n) is 4.51. The Morgan fingerprint density at radius 3 is 2.52 bits per heavy atom. The van der Waals surface area contributed by atoms with E-state index in [1.165, 1.54) is 11.1 Å². The lowest BCUT2D eigenvalue weighted by Crippen LogP contribution is -2.25. The third-order valence-corrected chi connectivity index (χ3v) is 4.51. The number of nitrogens with zero attached hydrogens (tertiary/aromatic N) is 2. The number of aromatic nitrogens is 1. The van der Waals surface area contributed by atoms with Crippen molar-refractivity contribution in [3.63, 3.8) is 0 Å². The molecule has 0 bridgehead atoms. The molecular formula is C19H14N2O4. The van der Waals surface area contributed by atoms with Crippen LogP contribution in [0.25, 0.3) is 11.3 Å². The highest BCUT2D eigenvalue weighted by molar-refractivity contribution is 5.93. The molecule has 3 heterocycles. The first-order chi connectivity index (χ1) is 12.3. The topological polar surface area (TPSA) is 64.8 Å². The molecular weight excluding hydrogens is 320 g/mol. The number of carbonyl (C=O) groups is 1. The number of carbonyl (C=O) groups excluding carboxylic acids is 1. The summed E-state index contributed by atoms with van der Waals surface area (Å²) in [7, 11) is 0. The molecule has 0 spiro atoms. The van der Waals surface area contributed by atoms with Gasteiger partial charge in [0, 0.05) is 24.7 Å². The second kappa shape index (κ2) is 5.37. The molecule has 1 amide bonds. The Bertz CT molecular complexity index is 954. The molecule has 0 fully saturated rings. The molecule has 1 aromatic heterocycles. The van der Waals surface area contributed by atoms with E-state index >= 15 is 0 Å². The summed E-state index contributed by atoms with van der Waals surface area (Å²) in [4.78, 5) is 14.5. The van der Waals surface area contributed by atoms with Crippen LogP contribution in [-0.4, -0.2) is 22.8 Å². The lowest BCUT2D eigenvalue weighted by Gasteiger charge is -2.12. The van der Waals surface area contributed by atoms with Crippen molar-refractivity contribution in [2.75, 3.05) is 6.79 Å². The van der Waals surface area contributed by atoms with Gasteiger partial charge in [-0.3, -0.25) is 4.79 Å². The van der Waals surface area contributed by atoms with Gasteiger partial charge in [-0.2, -0.15) is 0 Å². The molecule has 2 aliphatic heterocycles. The van der Waals surface area contributed by atoms with Crippen molar-refractivity contribution in [3.8, 4) is 22.8 Å². The molecule has 124 valence electrons. The van der Waals surface area contributed by atoms with Crippen LogP contribution in [0, 0.1) is 0 Å². The Labute approximate surface area is 143 Å². The van der Waals surface area contributed by atoms with Gasteiger partial charge in [-0.25, -0.2) is 0 Å². The zero-order chi connectivity index (χ0) is 16.8. The monoisotopic (exact) mass is 334 g/mol. The summed E-state index contributed by atoms with van der Waals surface area (Å²) in [6.45, 7) is 1.41. The van der Waals surface area contributed by atoms with E-state index in [4.69, 9.17) is 14.0 Å². The highest BCUT2D eigenvalue weighted by atomic mass is 16.7. The second-order valence-electron chi connectivity index (χ2n) is 6.07. The van der Waals surface area contributed by atoms with E-state index in [-0.39, 0.29) is 12.7 Å². The second-order valence-corrected chi connectivity index (χ2v) is 6.07. The summed E-state index contributed by atoms with van der Waals surface area (Å²) in [6, 6.07) is 15.2. The van der Waals surface area contributed by atoms with Crippen molar-refractivity contribution in [2.45, 2.75) is 13.1 Å². The fourth-order valence-electron chi connectivity index (χ4n) is 3.20. The predicted molar refractivity (Wildman–Crippen MR) is 88.1 cm³/mol. The molecule has 0 saturated heterocycles. The fraction of sp³-hybridized carbons (Fsp3) is 0.158. The molecule has 2 aromatic carbocycles. The van der Waals surface area contributed by atoms with Crippen LogP contribution in [0.2, 0.25) is 0 Å². The van der Waals surface area contributed by atoms with E-state index in [1.807, 2.05) is 42.5 Å². The van der Waals surface area contributed by atoms with Crippen LogP contribution in [0.3, 0.4) is 0 Å². The number of hydrogen-bond acceptors (Lipinski definition) is 5. The Morgan fingerprint density at radius 1 is 0.960 bits per heavy atom. The van der Waals surface area contributed by atoms with E-state index < -0.39 is 0 Å². The standard InChI is InChI=1S/C19H14N2O4/c22-19(21-9-13-3-1-2-4-14(13)10-21)15-8-17(25-20-15)12-5-6-16-18(7-12)24-11-23-16/h1-8H,9-11H2. The molecule has 0 N–H and O–H groups in total. The number of ether oxygens (including phenoxy) is 2. The van der Waals surface area contributed by atoms with Gasteiger partial charge in [-0.1, -0.05) is 29.4 Å². The van der Waals surface area contributed by atoms with Crippen molar-refractivity contribution in [2.24, 2.45) is 0 Å². The van der Waals surface area contributed by atoms with Gasteiger partial charge in [0.05, 0.1) is 0 Å². The van der Waals surface area contributed by atoms with Crippen LogP contribution in [0.5, 0.6) is 11.5 Å². The maximum atomic E-state index is 12.7. The maximum Gasteiger partial charge on any atom is 0.276 e. The average Bonchev–Trinajstić information content (AvgIpc) is 3.38. The SMILES string of the molecule is O=C(c1cc(-c2ccc3c(c2)OCO3)on1)N1Cc2ccccc2C1. The molecule has 25 heavy (non-hydrogen) atoms. The number of hydrogen-bond donors (Lipinski definition) is 0. The Hall–Kier alpha value is -3.28. The first-order valence-corrected chi connectivity index (χ1v) is 8.01. The zero-order valence-electron chi connectivity index (χ0n) is 13.3. The summed E-state index contributed by atoms with van der Waals surface area (Å²) in [5, 5.41) is 3.96. The fourth-order valence-corrected chi connectivity index (χ4v) is 3.20. The van der Waals surface area contributed by atoms with E-state index in [0.29, 0.717) is 36.0 Å². The molecule has 6 heteroatoms. The van der Waals surface area contributed by atoms with Crippen molar-refractivity contribution >= 4 is 5.91 Å². The van der Waals surface area contributed by atoms with Gasteiger partial charge in [0.1, 0.15) is 0 Å². The third kappa shape index (κ3) is 2.34. The zero-order valence-corrected chi connectivity index (χ0v) is 13.3. The van der Waals surface area contributed by atoms with Gasteiger partial charge in [-0.05, 0) is 29.3 Å². The van der Waals surface area contributed by atoms with E-state index in [1.54, 1.807) is 11.0 Å². The molecule has 0 aliphatic carbocycles. The minimum Gasteiger partial charge on any atom is -0.454 e. The normalized spacial score (nSPS) is 14.6. The van der Waals surface area contributed by atoms with Gasteiger partial charge in [0.25, 0.3) is 5.91 Å². The highest BCUT2D eigenvalue weighted by Crippen LogP contribution is 2.36. The number of fused-ring (bicyclic) bond motifs is 2. The van der Waals surface area contributed by atoms with E-state index in [9.17, 15) is 4.79 Å². The molecule has 2 aliphatic rings. The molecule has 5 rings (SSSR count). The summed E-state index contributed by atoms with van der Waals surface area (Å²) < 4.78 is 16.0. The summed E-state index contributed by atoms with van der Waals surface area (Å²) in [5.41, 5.74) is 3.45. The van der Waals surface area contributed by atoms with Crippen LogP contribution in [0.15, 0.2) is 53.1 Å². The van der Waals surface area contributed by atoms with Gasteiger partial charge >= 0.3 is 0 Å². The minimum atomic E-state index is -0.132. The average molecular weight is 334 g/mol. The summed E-state index contributed by atoms with van der Waals surface area (Å²) >= 11 is 0. The molecule has 0 radical (unpaired) electrons. The lowest BCUT2D eigenvalue weighted by atomic mass is 10.1. The number of benzene rings is 2. The van der Waals surface area contributed by atoms with Crippen molar-refractivity contribution in [1.82, 2.24) is 10.1 Å². The van der Waals surface area contributed by atoms with Crippen LogP contribution in [0.4, 0.5) is 0 Å². The first kappa shape index (κ1) is 14.1. The minimum absolute atomic E-state index is 0.132. The predicted octanol–water partition coefficient (Wildman–Crippen LogP) is 3.23. The number of rotatable bonds is 2. The Balaban J connectivity index is 1.39.